The summed E-state index contributed by atoms with van der Waals surface area (Å²) in [6.45, 7) is 3.26. The zero-order valence-corrected chi connectivity index (χ0v) is 15.4. The highest BCUT2D eigenvalue weighted by Gasteiger charge is 2.57. The van der Waals surface area contributed by atoms with Crippen molar-refractivity contribution in [2.75, 3.05) is 25.1 Å². The normalized spacial score (nSPS) is 29.6. The van der Waals surface area contributed by atoms with Crippen LogP contribution in [0.25, 0.3) is 0 Å². The molecule has 0 amide bonds. The minimum absolute atomic E-state index is 0.00456. The number of aliphatic carboxylic acids is 1. The number of carbonyl (C=O) groups is 1. The number of sulfonamides is 1. The van der Waals surface area contributed by atoms with E-state index >= 15 is 0 Å². The van der Waals surface area contributed by atoms with Crippen LogP contribution in [0.4, 0.5) is 0 Å². The molecule has 1 N–H and O–H groups in total. The lowest BCUT2D eigenvalue weighted by atomic mass is 9.81. The number of rotatable bonds is 6. The maximum atomic E-state index is 12.5. The molecule has 0 aromatic carbocycles. The first-order valence-corrected chi connectivity index (χ1v) is 11.2. The van der Waals surface area contributed by atoms with Crippen LogP contribution in [0.3, 0.4) is 0 Å². The van der Waals surface area contributed by atoms with Crippen LogP contribution in [0.1, 0.15) is 39.5 Å². The average Bonchev–Trinajstić information content (AvgIpc) is 2.92. The van der Waals surface area contributed by atoms with Crippen LogP contribution in [-0.4, -0.2) is 62.1 Å². The molecule has 0 spiro atoms. The third kappa shape index (κ3) is 3.28. The first-order chi connectivity index (χ1) is 10.3. The summed E-state index contributed by atoms with van der Waals surface area (Å²) in [5.41, 5.74) is -0.959. The molecule has 7 nitrogen and oxygen atoms in total. The second kappa shape index (κ2) is 5.70. The zero-order valence-electron chi connectivity index (χ0n) is 13.8. The number of carboxylic acids is 1. The Hall–Kier alpha value is -0.670. The van der Waals surface area contributed by atoms with Crippen molar-refractivity contribution in [3.8, 4) is 0 Å². The SMILES string of the molecule is CC(C)(CCS(=O)(=O)N1C[C@@H]2CCC[C@@]2(C(=O)O)C1)S(C)(=O)=O. The predicted molar refractivity (Wildman–Crippen MR) is 86.3 cm³/mol. The van der Waals surface area contributed by atoms with Crippen LogP contribution >= 0.6 is 0 Å². The summed E-state index contributed by atoms with van der Waals surface area (Å²) in [7, 11) is -7.03. The van der Waals surface area contributed by atoms with Gasteiger partial charge in [0.2, 0.25) is 10.0 Å². The molecule has 0 aromatic heterocycles. The van der Waals surface area contributed by atoms with Crippen molar-refractivity contribution in [2.45, 2.75) is 44.3 Å². The summed E-state index contributed by atoms with van der Waals surface area (Å²) < 4.78 is 48.6. The molecule has 0 radical (unpaired) electrons. The Balaban J connectivity index is 2.12. The summed E-state index contributed by atoms with van der Waals surface area (Å²) in [5, 5.41) is 9.52. The van der Waals surface area contributed by atoms with E-state index in [0.717, 1.165) is 19.1 Å². The fourth-order valence-electron chi connectivity index (χ4n) is 3.49. The number of fused-ring (bicyclic) bond motifs is 1. The van der Waals surface area contributed by atoms with Crippen molar-refractivity contribution >= 4 is 25.8 Å². The molecule has 2 fully saturated rings. The van der Waals surface area contributed by atoms with Gasteiger partial charge in [0.15, 0.2) is 9.84 Å². The van der Waals surface area contributed by atoms with Crippen molar-refractivity contribution in [1.82, 2.24) is 4.31 Å². The Labute approximate surface area is 138 Å². The standard InChI is InChI=1S/C14H25NO6S2/c1-13(2,22(3,18)19)7-8-23(20,21)15-9-11-5-4-6-14(11,10-15)12(16)17/h11H,4-10H2,1-3H3,(H,16,17)/t11-,14+/m0/s1. The van der Waals surface area contributed by atoms with Crippen LogP contribution in [0.2, 0.25) is 0 Å². The molecule has 0 unspecified atom stereocenters. The molecular weight excluding hydrogens is 342 g/mol. The maximum absolute atomic E-state index is 12.5. The fourth-order valence-corrected chi connectivity index (χ4v) is 5.96. The molecule has 9 heteroatoms. The van der Waals surface area contributed by atoms with Gasteiger partial charge in [0, 0.05) is 19.3 Å². The van der Waals surface area contributed by atoms with E-state index < -0.39 is 36.0 Å². The molecule has 1 saturated heterocycles. The highest BCUT2D eigenvalue weighted by Crippen LogP contribution is 2.49. The van der Waals surface area contributed by atoms with Gasteiger partial charge in [0.25, 0.3) is 0 Å². The molecule has 2 atom stereocenters. The third-order valence-electron chi connectivity index (χ3n) is 5.62. The van der Waals surface area contributed by atoms with Crippen molar-refractivity contribution < 1.29 is 26.7 Å². The van der Waals surface area contributed by atoms with Gasteiger partial charge in [0.1, 0.15) is 0 Å². The summed E-state index contributed by atoms with van der Waals surface area (Å²) in [4.78, 5) is 11.6. The molecule has 0 bridgehead atoms. The van der Waals surface area contributed by atoms with Gasteiger partial charge in [-0.2, -0.15) is 0 Å². The van der Waals surface area contributed by atoms with Gasteiger partial charge >= 0.3 is 5.97 Å². The van der Waals surface area contributed by atoms with E-state index in [1.165, 1.54) is 18.2 Å². The number of carboxylic acid groups (broad SMARTS) is 1. The predicted octanol–water partition coefficient (Wildman–Crippen LogP) is 0.716. The molecule has 2 rings (SSSR count). The number of hydrogen-bond donors (Lipinski definition) is 1. The molecule has 1 heterocycles. The van der Waals surface area contributed by atoms with Crippen molar-refractivity contribution in [3.05, 3.63) is 0 Å². The second-order valence-corrected chi connectivity index (χ2v) is 12.2. The fraction of sp³-hybridized carbons (Fsp3) is 0.929. The lowest BCUT2D eigenvalue weighted by Gasteiger charge is -2.25. The monoisotopic (exact) mass is 367 g/mol. The summed E-state index contributed by atoms with van der Waals surface area (Å²) in [5.74, 6) is -1.35. The minimum atomic E-state index is -3.66. The topological polar surface area (TPSA) is 109 Å². The number of hydrogen-bond acceptors (Lipinski definition) is 5. The molecular formula is C14H25NO6S2. The highest BCUT2D eigenvalue weighted by atomic mass is 32.2. The smallest absolute Gasteiger partial charge is 0.311 e. The van der Waals surface area contributed by atoms with Gasteiger partial charge < -0.3 is 5.11 Å². The van der Waals surface area contributed by atoms with E-state index in [1.54, 1.807) is 0 Å². The molecule has 1 aliphatic carbocycles. The molecule has 23 heavy (non-hydrogen) atoms. The summed E-state index contributed by atoms with van der Waals surface area (Å²) in [6, 6.07) is 0. The Morgan fingerprint density at radius 1 is 1.30 bits per heavy atom. The van der Waals surface area contributed by atoms with Crippen LogP contribution in [0.5, 0.6) is 0 Å². The summed E-state index contributed by atoms with van der Waals surface area (Å²) >= 11 is 0. The Kier molecular flexibility index (Phi) is 4.63. The van der Waals surface area contributed by atoms with Crippen LogP contribution in [-0.2, 0) is 24.7 Å². The van der Waals surface area contributed by atoms with E-state index in [0.29, 0.717) is 6.42 Å². The van der Waals surface area contributed by atoms with E-state index in [9.17, 15) is 26.7 Å². The van der Waals surface area contributed by atoms with Crippen LogP contribution in [0, 0.1) is 11.3 Å². The van der Waals surface area contributed by atoms with Gasteiger partial charge in [-0.25, -0.2) is 21.1 Å². The van der Waals surface area contributed by atoms with E-state index in [1.807, 2.05) is 0 Å². The molecule has 0 aromatic rings. The lowest BCUT2D eigenvalue weighted by molar-refractivity contribution is -0.149. The molecule has 1 aliphatic heterocycles. The van der Waals surface area contributed by atoms with E-state index in [4.69, 9.17) is 0 Å². The maximum Gasteiger partial charge on any atom is 0.311 e. The second-order valence-electron chi connectivity index (χ2n) is 7.44. The largest absolute Gasteiger partial charge is 0.481 e. The minimum Gasteiger partial charge on any atom is -0.481 e. The number of nitrogens with zero attached hydrogens (tertiary/aromatic N) is 1. The summed E-state index contributed by atoms with van der Waals surface area (Å²) in [6.07, 6.45) is 3.14. The van der Waals surface area contributed by atoms with Crippen molar-refractivity contribution in [1.29, 1.82) is 0 Å². The van der Waals surface area contributed by atoms with Gasteiger partial charge in [0.05, 0.1) is 15.9 Å². The lowest BCUT2D eigenvalue weighted by Crippen LogP contribution is -2.40. The zero-order chi connectivity index (χ0) is 17.7. The quantitative estimate of drug-likeness (QED) is 0.741. The Morgan fingerprint density at radius 3 is 2.39 bits per heavy atom. The van der Waals surface area contributed by atoms with Crippen molar-refractivity contribution in [2.24, 2.45) is 11.3 Å². The molecule has 1 saturated carbocycles. The van der Waals surface area contributed by atoms with Gasteiger partial charge in [-0.3, -0.25) is 4.79 Å². The van der Waals surface area contributed by atoms with E-state index in [-0.39, 0.29) is 31.2 Å². The highest BCUT2D eigenvalue weighted by molar-refractivity contribution is 7.92. The van der Waals surface area contributed by atoms with Gasteiger partial charge in [-0.05, 0) is 39.0 Å². The Morgan fingerprint density at radius 2 is 1.91 bits per heavy atom. The van der Waals surface area contributed by atoms with Gasteiger partial charge in [-0.1, -0.05) is 6.42 Å². The molecule has 2 aliphatic rings. The number of sulfone groups is 1. The van der Waals surface area contributed by atoms with Crippen LogP contribution < -0.4 is 0 Å². The average molecular weight is 367 g/mol. The first-order valence-electron chi connectivity index (χ1n) is 7.73. The van der Waals surface area contributed by atoms with Crippen molar-refractivity contribution in [3.63, 3.8) is 0 Å². The van der Waals surface area contributed by atoms with E-state index in [2.05, 4.69) is 0 Å². The third-order valence-corrected chi connectivity index (χ3v) is 9.62. The first kappa shape index (κ1) is 18.7. The van der Waals surface area contributed by atoms with Gasteiger partial charge in [-0.15, -0.1) is 0 Å². The van der Waals surface area contributed by atoms with Crippen LogP contribution in [0.15, 0.2) is 0 Å². The molecule has 134 valence electrons. The Bertz CT molecular complexity index is 697.